The third kappa shape index (κ3) is 5.50. The Morgan fingerprint density at radius 3 is 2.50 bits per heavy atom. The van der Waals surface area contributed by atoms with Crippen molar-refractivity contribution in [1.82, 2.24) is 10.6 Å². The summed E-state index contributed by atoms with van der Waals surface area (Å²) < 4.78 is 0. The Bertz CT molecular complexity index is 196. The number of rotatable bonds is 7. The molecule has 0 heterocycles. The summed E-state index contributed by atoms with van der Waals surface area (Å²) in [6, 6.07) is -1.22. The van der Waals surface area contributed by atoms with Crippen molar-refractivity contribution in [3.8, 4) is 0 Å². The second-order valence-corrected chi connectivity index (χ2v) is 2.82. The highest BCUT2D eigenvalue weighted by atomic mass is 16.4. The summed E-state index contributed by atoms with van der Waals surface area (Å²) in [5.74, 6) is -1.67. The van der Waals surface area contributed by atoms with Crippen LogP contribution in [0, 0.1) is 0 Å². The molecule has 6 nitrogen and oxygen atoms in total. The zero-order valence-corrected chi connectivity index (χ0v) is 8.12. The Morgan fingerprint density at radius 2 is 2.07 bits per heavy atom. The molecule has 0 radical (unpaired) electrons. The molecule has 0 aromatic carbocycles. The Kier molecular flexibility index (Phi) is 6.69. The van der Waals surface area contributed by atoms with Gasteiger partial charge in [0.15, 0.2) is 0 Å². The topological polar surface area (TPSA) is 98.7 Å². The fourth-order valence-electron chi connectivity index (χ4n) is 0.810. The number of aliphatic hydroxyl groups excluding tert-OH is 1. The number of amides is 1. The van der Waals surface area contributed by atoms with Crippen LogP contribution in [-0.4, -0.2) is 47.8 Å². The number of hydrogen-bond donors (Lipinski definition) is 4. The average Bonchev–Trinajstić information content (AvgIpc) is 2.14. The molecule has 0 aliphatic carbocycles. The molecule has 0 rings (SSSR count). The lowest BCUT2D eigenvalue weighted by Gasteiger charge is -2.11. The van der Waals surface area contributed by atoms with E-state index >= 15 is 0 Å². The van der Waals surface area contributed by atoms with Gasteiger partial charge >= 0.3 is 5.97 Å². The SMILES string of the molecule is CCCNCC(=O)N[C@@H](CO)C(=O)O. The molecule has 0 saturated heterocycles. The maximum atomic E-state index is 11.0. The van der Waals surface area contributed by atoms with E-state index in [1.54, 1.807) is 0 Å². The number of aliphatic carboxylic acids is 1. The molecular weight excluding hydrogens is 188 g/mol. The van der Waals surface area contributed by atoms with Crippen molar-refractivity contribution in [2.24, 2.45) is 0 Å². The first-order valence-corrected chi connectivity index (χ1v) is 4.45. The Morgan fingerprint density at radius 1 is 1.43 bits per heavy atom. The van der Waals surface area contributed by atoms with E-state index < -0.39 is 24.5 Å². The van der Waals surface area contributed by atoms with E-state index in [4.69, 9.17) is 10.2 Å². The number of carboxylic acid groups (broad SMARTS) is 1. The van der Waals surface area contributed by atoms with Crippen LogP contribution in [0.15, 0.2) is 0 Å². The van der Waals surface area contributed by atoms with Gasteiger partial charge in [-0.05, 0) is 13.0 Å². The van der Waals surface area contributed by atoms with Crippen LogP contribution >= 0.6 is 0 Å². The summed E-state index contributed by atoms with van der Waals surface area (Å²) in [7, 11) is 0. The highest BCUT2D eigenvalue weighted by molar-refractivity contribution is 5.84. The molecule has 1 atom stereocenters. The molecule has 1 amide bonds. The first-order valence-electron chi connectivity index (χ1n) is 4.45. The number of carboxylic acids is 1. The fourth-order valence-corrected chi connectivity index (χ4v) is 0.810. The summed E-state index contributed by atoms with van der Waals surface area (Å²) in [5, 5.41) is 22.1. The van der Waals surface area contributed by atoms with Gasteiger partial charge < -0.3 is 20.8 Å². The highest BCUT2D eigenvalue weighted by Gasteiger charge is 2.17. The van der Waals surface area contributed by atoms with Crippen molar-refractivity contribution in [3.63, 3.8) is 0 Å². The number of aliphatic hydroxyl groups is 1. The minimum atomic E-state index is -1.24. The van der Waals surface area contributed by atoms with Crippen LogP contribution in [0.1, 0.15) is 13.3 Å². The predicted molar refractivity (Wildman–Crippen MR) is 49.8 cm³/mol. The van der Waals surface area contributed by atoms with E-state index in [2.05, 4.69) is 10.6 Å². The molecule has 0 aromatic rings. The zero-order valence-electron chi connectivity index (χ0n) is 8.12. The predicted octanol–water partition coefficient (Wildman–Crippen LogP) is -1.45. The molecular formula is C8H16N2O4. The summed E-state index contributed by atoms with van der Waals surface area (Å²) in [6.07, 6.45) is 0.898. The van der Waals surface area contributed by atoms with Crippen LogP contribution in [0.3, 0.4) is 0 Å². The van der Waals surface area contributed by atoms with Crippen molar-refractivity contribution in [3.05, 3.63) is 0 Å². The van der Waals surface area contributed by atoms with Crippen molar-refractivity contribution in [2.75, 3.05) is 19.7 Å². The maximum Gasteiger partial charge on any atom is 0.328 e. The molecule has 0 aliphatic heterocycles. The first kappa shape index (κ1) is 12.9. The Balaban J connectivity index is 3.74. The molecule has 4 N–H and O–H groups in total. The molecule has 0 bridgehead atoms. The third-order valence-electron chi connectivity index (χ3n) is 1.53. The van der Waals surface area contributed by atoms with E-state index in [0.717, 1.165) is 6.42 Å². The maximum absolute atomic E-state index is 11.0. The van der Waals surface area contributed by atoms with Gasteiger partial charge in [-0.2, -0.15) is 0 Å². The highest BCUT2D eigenvalue weighted by Crippen LogP contribution is 1.81. The minimum absolute atomic E-state index is 0.0671. The van der Waals surface area contributed by atoms with Gasteiger partial charge in [0, 0.05) is 0 Å². The smallest absolute Gasteiger partial charge is 0.328 e. The van der Waals surface area contributed by atoms with Crippen molar-refractivity contribution in [1.29, 1.82) is 0 Å². The fraction of sp³-hybridized carbons (Fsp3) is 0.750. The monoisotopic (exact) mass is 204 g/mol. The number of carbonyl (C=O) groups excluding carboxylic acids is 1. The molecule has 0 aliphatic rings. The van der Waals surface area contributed by atoms with Crippen LogP contribution in [0.5, 0.6) is 0 Å². The Labute approximate surface area is 82.3 Å². The minimum Gasteiger partial charge on any atom is -0.480 e. The molecule has 82 valence electrons. The number of carbonyl (C=O) groups is 2. The lowest BCUT2D eigenvalue weighted by molar-refractivity contribution is -0.142. The lowest BCUT2D eigenvalue weighted by Crippen LogP contribution is -2.46. The van der Waals surface area contributed by atoms with Crippen LogP contribution in [-0.2, 0) is 9.59 Å². The van der Waals surface area contributed by atoms with Crippen molar-refractivity contribution < 1.29 is 19.8 Å². The van der Waals surface area contributed by atoms with E-state index in [-0.39, 0.29) is 6.54 Å². The normalized spacial score (nSPS) is 12.1. The van der Waals surface area contributed by atoms with Crippen LogP contribution in [0.2, 0.25) is 0 Å². The molecule has 6 heteroatoms. The van der Waals surface area contributed by atoms with E-state index in [0.29, 0.717) is 6.54 Å². The van der Waals surface area contributed by atoms with Gasteiger partial charge in [0.1, 0.15) is 6.04 Å². The summed E-state index contributed by atoms with van der Waals surface area (Å²) in [4.78, 5) is 21.4. The van der Waals surface area contributed by atoms with Crippen molar-refractivity contribution >= 4 is 11.9 Å². The zero-order chi connectivity index (χ0) is 11.0. The molecule has 0 unspecified atom stereocenters. The Hall–Kier alpha value is -1.14. The number of nitrogens with one attached hydrogen (secondary N) is 2. The molecule has 0 saturated carbocycles. The van der Waals surface area contributed by atoms with Gasteiger partial charge in [-0.1, -0.05) is 6.92 Å². The van der Waals surface area contributed by atoms with Gasteiger partial charge in [-0.15, -0.1) is 0 Å². The van der Waals surface area contributed by atoms with E-state index in [9.17, 15) is 9.59 Å². The largest absolute Gasteiger partial charge is 0.480 e. The van der Waals surface area contributed by atoms with Gasteiger partial charge in [0.05, 0.1) is 13.2 Å². The van der Waals surface area contributed by atoms with Crippen LogP contribution < -0.4 is 10.6 Å². The molecule has 0 fully saturated rings. The van der Waals surface area contributed by atoms with Gasteiger partial charge in [0.2, 0.25) is 5.91 Å². The summed E-state index contributed by atoms with van der Waals surface area (Å²) in [5.41, 5.74) is 0. The second kappa shape index (κ2) is 7.28. The molecule has 14 heavy (non-hydrogen) atoms. The van der Waals surface area contributed by atoms with Gasteiger partial charge in [-0.25, -0.2) is 4.79 Å². The number of hydrogen-bond acceptors (Lipinski definition) is 4. The van der Waals surface area contributed by atoms with Gasteiger partial charge in [-0.3, -0.25) is 4.79 Å². The third-order valence-corrected chi connectivity index (χ3v) is 1.53. The van der Waals surface area contributed by atoms with Crippen LogP contribution in [0.4, 0.5) is 0 Å². The molecule has 0 spiro atoms. The van der Waals surface area contributed by atoms with Gasteiger partial charge in [0.25, 0.3) is 0 Å². The summed E-state index contributed by atoms with van der Waals surface area (Å²) in [6.45, 7) is 2.12. The average molecular weight is 204 g/mol. The van der Waals surface area contributed by atoms with E-state index in [1.165, 1.54) is 0 Å². The lowest BCUT2D eigenvalue weighted by atomic mass is 10.3. The van der Waals surface area contributed by atoms with Crippen molar-refractivity contribution in [2.45, 2.75) is 19.4 Å². The van der Waals surface area contributed by atoms with Crippen LogP contribution in [0.25, 0.3) is 0 Å². The molecule has 0 aromatic heterocycles. The summed E-state index contributed by atoms with van der Waals surface area (Å²) >= 11 is 0. The van der Waals surface area contributed by atoms with E-state index in [1.807, 2.05) is 6.92 Å². The standard InChI is InChI=1S/C8H16N2O4/c1-2-3-9-4-7(12)10-6(5-11)8(13)14/h6,9,11H,2-5H2,1H3,(H,10,12)(H,13,14)/t6-/m0/s1. The second-order valence-electron chi connectivity index (χ2n) is 2.82. The quantitative estimate of drug-likeness (QED) is 0.380. The first-order chi connectivity index (χ1) is 6.61.